The molecule has 2 nitrogen and oxygen atoms in total. The Morgan fingerprint density at radius 1 is 0.333 bits per heavy atom. The van der Waals surface area contributed by atoms with Crippen LogP contribution in [0.1, 0.15) is 47.2 Å². The van der Waals surface area contributed by atoms with Gasteiger partial charge in [0.25, 0.3) is 0 Å². The van der Waals surface area contributed by atoms with E-state index in [1.54, 1.807) is 0 Å². The van der Waals surface area contributed by atoms with Crippen molar-refractivity contribution in [1.29, 1.82) is 0 Å². The quantitative estimate of drug-likeness (QED) is 0.155. The number of hydrogen-bond acceptors (Lipinski definition) is 1. The molecule has 0 unspecified atom stereocenters. The highest BCUT2D eigenvalue weighted by molar-refractivity contribution is 6.11. The van der Waals surface area contributed by atoms with Gasteiger partial charge in [-0.15, -0.1) is 0 Å². The zero-order chi connectivity index (χ0) is 44.0. The number of anilines is 3. The average Bonchev–Trinajstić information content (AvgIpc) is 3.95. The van der Waals surface area contributed by atoms with Gasteiger partial charge >= 0.3 is 0 Å². The smallest absolute Gasteiger partial charge is 0.0713 e. The molecule has 0 saturated heterocycles. The molecule has 0 radical (unpaired) electrons. The first-order chi connectivity index (χ1) is 32.5. The molecule has 2 aliphatic rings. The summed E-state index contributed by atoms with van der Waals surface area (Å²) in [4.78, 5) is 2.38. The Balaban J connectivity index is 0.953. The standard InChI is InChI=1S/C64H46N2/c1-63(2)57-27-15-12-26-53(57)55-42-50(36-38-58(55)63)65(47-20-8-4-9-21-47)49-34-30-43(31-35-49)44-32-37-54-56-41-46(33-39-61(56)66(62(54)40-44)48-22-10-5-11-23-48)64(45-18-6-3-7-19-45)59-28-16-13-24-51(59)52-25-14-17-29-60(52)64/h3-42H,1-2H3. The van der Waals surface area contributed by atoms with Gasteiger partial charge in [-0.25, -0.2) is 0 Å². The number of aromatic nitrogens is 1. The summed E-state index contributed by atoms with van der Waals surface area (Å²) in [5, 5.41) is 2.47. The summed E-state index contributed by atoms with van der Waals surface area (Å²) in [5.74, 6) is 0. The molecule has 2 aliphatic carbocycles. The topological polar surface area (TPSA) is 8.17 Å². The molecule has 11 aromatic rings. The minimum absolute atomic E-state index is 0.0436. The Kier molecular flexibility index (Phi) is 8.51. The van der Waals surface area contributed by atoms with Crippen LogP contribution in [0.4, 0.5) is 17.1 Å². The molecule has 0 saturated carbocycles. The zero-order valence-electron chi connectivity index (χ0n) is 37.0. The first-order valence-electron chi connectivity index (χ1n) is 23.1. The van der Waals surface area contributed by atoms with E-state index in [-0.39, 0.29) is 5.41 Å². The van der Waals surface area contributed by atoms with E-state index >= 15 is 0 Å². The largest absolute Gasteiger partial charge is 0.310 e. The molecule has 1 aromatic heterocycles. The van der Waals surface area contributed by atoms with Crippen molar-refractivity contribution in [2.75, 3.05) is 4.90 Å². The molecule has 1 heterocycles. The molecule has 0 aliphatic heterocycles. The number of nitrogens with zero attached hydrogens (tertiary/aromatic N) is 2. The molecule has 10 aromatic carbocycles. The van der Waals surface area contributed by atoms with Crippen molar-refractivity contribution in [3.63, 3.8) is 0 Å². The van der Waals surface area contributed by atoms with E-state index in [0.717, 1.165) is 22.7 Å². The van der Waals surface area contributed by atoms with Gasteiger partial charge in [-0.3, -0.25) is 0 Å². The summed E-state index contributed by atoms with van der Waals surface area (Å²) in [5.41, 5.74) is 21.9. The SMILES string of the molecule is CC1(C)c2ccccc2-c2cc(N(c3ccccc3)c3ccc(-c4ccc5c6cc(C7(c8ccccc8)c8ccccc8-c8ccccc87)ccc6n(-c6ccccc6)c5c4)cc3)ccc21. The van der Waals surface area contributed by atoms with Crippen LogP contribution in [0, 0.1) is 0 Å². The van der Waals surface area contributed by atoms with E-state index in [1.807, 2.05) is 0 Å². The monoisotopic (exact) mass is 842 g/mol. The van der Waals surface area contributed by atoms with Gasteiger partial charge in [0, 0.05) is 38.9 Å². The highest BCUT2D eigenvalue weighted by Crippen LogP contribution is 2.57. The fraction of sp³-hybridized carbons (Fsp3) is 0.0625. The summed E-state index contributed by atoms with van der Waals surface area (Å²) < 4.78 is 2.45. The van der Waals surface area contributed by atoms with Crippen molar-refractivity contribution in [1.82, 2.24) is 4.57 Å². The minimum atomic E-state index is -0.472. The lowest BCUT2D eigenvalue weighted by Crippen LogP contribution is -2.28. The van der Waals surface area contributed by atoms with Crippen LogP contribution in [0.3, 0.4) is 0 Å². The molecule has 2 heteroatoms. The maximum absolute atomic E-state index is 2.48. The minimum Gasteiger partial charge on any atom is -0.310 e. The third-order valence-corrected chi connectivity index (χ3v) is 14.7. The first kappa shape index (κ1) is 38.3. The third-order valence-electron chi connectivity index (χ3n) is 14.7. The van der Waals surface area contributed by atoms with Gasteiger partial charge < -0.3 is 9.47 Å². The number of rotatable bonds is 7. The lowest BCUT2D eigenvalue weighted by Gasteiger charge is -2.34. The first-order valence-corrected chi connectivity index (χ1v) is 23.1. The summed E-state index contributed by atoms with van der Waals surface area (Å²) in [6.07, 6.45) is 0. The fourth-order valence-electron chi connectivity index (χ4n) is 11.7. The van der Waals surface area contributed by atoms with Gasteiger partial charge in [0.05, 0.1) is 16.4 Å². The van der Waals surface area contributed by atoms with Gasteiger partial charge in [-0.05, 0) is 133 Å². The van der Waals surface area contributed by atoms with Gasteiger partial charge in [0.15, 0.2) is 0 Å². The van der Waals surface area contributed by atoms with Gasteiger partial charge in [-0.2, -0.15) is 0 Å². The van der Waals surface area contributed by atoms with E-state index in [0.29, 0.717) is 0 Å². The van der Waals surface area contributed by atoms with Crippen LogP contribution in [0.25, 0.3) is 60.9 Å². The molecule has 0 N–H and O–H groups in total. The zero-order valence-corrected chi connectivity index (χ0v) is 37.0. The highest BCUT2D eigenvalue weighted by atomic mass is 15.1. The molecular formula is C64H46N2. The molecule has 0 atom stereocenters. The van der Waals surface area contributed by atoms with Crippen LogP contribution in [0.2, 0.25) is 0 Å². The molecule has 66 heavy (non-hydrogen) atoms. The maximum atomic E-state index is 2.48. The predicted molar refractivity (Wildman–Crippen MR) is 276 cm³/mol. The van der Waals surface area contributed by atoms with E-state index in [2.05, 4.69) is 266 Å². The van der Waals surface area contributed by atoms with Gasteiger partial charge in [0.2, 0.25) is 0 Å². The number of para-hydroxylation sites is 2. The van der Waals surface area contributed by atoms with Crippen molar-refractivity contribution < 1.29 is 0 Å². The summed E-state index contributed by atoms with van der Waals surface area (Å²) in [7, 11) is 0. The second-order valence-electron chi connectivity index (χ2n) is 18.5. The van der Waals surface area contributed by atoms with E-state index in [9.17, 15) is 0 Å². The predicted octanol–water partition coefficient (Wildman–Crippen LogP) is 16.6. The summed E-state index contributed by atoms with van der Waals surface area (Å²) >= 11 is 0. The number of benzene rings is 10. The Labute approximate surface area is 386 Å². The Morgan fingerprint density at radius 2 is 0.864 bits per heavy atom. The second kappa shape index (κ2) is 14.7. The lowest BCUT2D eigenvalue weighted by atomic mass is 9.67. The molecule has 0 fully saturated rings. The maximum Gasteiger partial charge on any atom is 0.0713 e. The van der Waals surface area contributed by atoms with Crippen molar-refractivity contribution in [3.8, 4) is 39.1 Å². The van der Waals surface area contributed by atoms with Gasteiger partial charge in [-0.1, -0.05) is 190 Å². The molecular weight excluding hydrogens is 797 g/mol. The molecule has 13 rings (SSSR count). The van der Waals surface area contributed by atoms with E-state index in [1.165, 1.54) is 88.6 Å². The van der Waals surface area contributed by atoms with Crippen molar-refractivity contribution in [3.05, 3.63) is 276 Å². The van der Waals surface area contributed by atoms with Crippen molar-refractivity contribution >= 4 is 38.9 Å². The third kappa shape index (κ3) is 5.55. The highest BCUT2D eigenvalue weighted by Gasteiger charge is 2.46. The van der Waals surface area contributed by atoms with E-state index in [4.69, 9.17) is 0 Å². The fourth-order valence-corrected chi connectivity index (χ4v) is 11.7. The molecule has 0 spiro atoms. The summed E-state index contributed by atoms with van der Waals surface area (Å²) in [6.45, 7) is 4.68. The average molecular weight is 843 g/mol. The van der Waals surface area contributed by atoms with Crippen LogP contribution >= 0.6 is 0 Å². The van der Waals surface area contributed by atoms with Crippen LogP contribution < -0.4 is 4.90 Å². The van der Waals surface area contributed by atoms with Gasteiger partial charge in [0.1, 0.15) is 0 Å². The number of fused-ring (bicyclic) bond motifs is 9. The Bertz CT molecular complexity index is 3610. The van der Waals surface area contributed by atoms with Crippen LogP contribution in [-0.4, -0.2) is 4.57 Å². The Hall–Kier alpha value is -8.20. The molecule has 0 amide bonds. The van der Waals surface area contributed by atoms with Crippen LogP contribution in [-0.2, 0) is 10.8 Å². The second-order valence-corrected chi connectivity index (χ2v) is 18.5. The van der Waals surface area contributed by atoms with Crippen molar-refractivity contribution in [2.24, 2.45) is 0 Å². The molecule has 0 bridgehead atoms. The van der Waals surface area contributed by atoms with E-state index < -0.39 is 5.41 Å². The Morgan fingerprint density at radius 3 is 1.55 bits per heavy atom. The van der Waals surface area contributed by atoms with Crippen molar-refractivity contribution in [2.45, 2.75) is 24.7 Å². The summed E-state index contributed by atoms with van der Waals surface area (Å²) in [6, 6.07) is 89.9. The lowest BCUT2D eigenvalue weighted by molar-refractivity contribution is 0.660. The van der Waals surface area contributed by atoms with Crippen LogP contribution in [0.5, 0.6) is 0 Å². The number of hydrogen-bond donors (Lipinski definition) is 0. The normalized spacial score (nSPS) is 13.8. The molecule has 312 valence electrons. The van der Waals surface area contributed by atoms with Crippen LogP contribution in [0.15, 0.2) is 243 Å².